The number of hydrogen-bond acceptors (Lipinski definition) is 2. The van der Waals surface area contributed by atoms with E-state index < -0.39 is 0 Å². The summed E-state index contributed by atoms with van der Waals surface area (Å²) in [6.07, 6.45) is 5.66. The number of aryl methyl sites for hydroxylation is 1. The molecule has 0 saturated carbocycles. The first-order valence-electron chi connectivity index (χ1n) is 6.09. The van der Waals surface area contributed by atoms with E-state index in [-0.39, 0.29) is 0 Å². The van der Waals surface area contributed by atoms with Crippen LogP contribution in [0.25, 0.3) is 0 Å². The first-order valence-corrected chi connectivity index (χ1v) is 6.62. The van der Waals surface area contributed by atoms with Gasteiger partial charge in [0.05, 0.1) is 12.1 Å². The predicted molar refractivity (Wildman–Crippen MR) is 74.3 cm³/mol. The van der Waals surface area contributed by atoms with Crippen molar-refractivity contribution >= 4 is 11.6 Å². The Bertz CT molecular complexity index is 496. The summed E-state index contributed by atoms with van der Waals surface area (Å²) in [5.41, 5.74) is 2.28. The summed E-state index contributed by atoms with van der Waals surface area (Å²) in [6, 6.07) is 10.0. The van der Waals surface area contributed by atoms with Crippen molar-refractivity contribution in [2.45, 2.75) is 25.6 Å². The zero-order valence-electron chi connectivity index (χ0n) is 10.4. The second-order valence-corrected chi connectivity index (χ2v) is 4.38. The van der Waals surface area contributed by atoms with Gasteiger partial charge in [0.2, 0.25) is 0 Å². The third-order valence-corrected chi connectivity index (χ3v) is 2.99. The molecule has 1 aromatic heterocycles. The number of ether oxygens (including phenoxy) is 1. The average molecular weight is 262 g/mol. The molecule has 0 unspecified atom stereocenters. The van der Waals surface area contributed by atoms with Gasteiger partial charge in [0.15, 0.2) is 0 Å². The maximum atomic E-state index is 5.86. The Hall–Kier alpha value is -1.54. The van der Waals surface area contributed by atoms with Crippen LogP contribution in [0, 0.1) is 0 Å². The molecule has 0 atom stereocenters. The van der Waals surface area contributed by atoms with Gasteiger partial charge in [-0.05, 0) is 30.2 Å². The van der Waals surface area contributed by atoms with Gasteiger partial charge in [0.1, 0.15) is 11.5 Å². The lowest BCUT2D eigenvalue weighted by molar-refractivity contribution is 0.475. The normalized spacial score (nSPS) is 10.3. The van der Waals surface area contributed by atoms with Crippen LogP contribution in [-0.2, 0) is 12.3 Å². The summed E-state index contributed by atoms with van der Waals surface area (Å²) >= 11 is 5.86. The number of hydrogen-bond donors (Lipinski definition) is 0. The molecule has 0 fully saturated rings. The third-order valence-electron chi connectivity index (χ3n) is 2.70. The van der Waals surface area contributed by atoms with E-state index in [0.29, 0.717) is 5.88 Å². The Kier molecular flexibility index (Phi) is 4.59. The molecule has 0 radical (unpaired) electrons. The Balaban J connectivity index is 2.13. The lowest BCUT2D eigenvalue weighted by Gasteiger charge is -2.09. The van der Waals surface area contributed by atoms with Crippen molar-refractivity contribution in [2.75, 3.05) is 0 Å². The summed E-state index contributed by atoms with van der Waals surface area (Å²) in [4.78, 5) is 4.05. The number of aromatic nitrogens is 1. The summed E-state index contributed by atoms with van der Waals surface area (Å²) in [7, 11) is 0. The topological polar surface area (TPSA) is 22.1 Å². The van der Waals surface area contributed by atoms with Crippen LogP contribution in [0.4, 0.5) is 0 Å². The first-order chi connectivity index (χ1) is 8.83. The quantitative estimate of drug-likeness (QED) is 0.736. The molecule has 0 N–H and O–H groups in total. The van der Waals surface area contributed by atoms with Gasteiger partial charge in [-0.25, -0.2) is 0 Å². The van der Waals surface area contributed by atoms with Gasteiger partial charge in [-0.1, -0.05) is 25.5 Å². The SMILES string of the molecule is CCCc1ccc(Oc2cnccc2CCl)cc1. The fourth-order valence-electron chi connectivity index (χ4n) is 1.75. The van der Waals surface area contributed by atoms with E-state index in [1.807, 2.05) is 18.2 Å². The number of alkyl halides is 1. The Labute approximate surface area is 113 Å². The fraction of sp³-hybridized carbons (Fsp3) is 0.267. The molecule has 0 aliphatic heterocycles. The number of benzene rings is 1. The Morgan fingerprint density at radius 3 is 2.61 bits per heavy atom. The second kappa shape index (κ2) is 6.41. The van der Waals surface area contributed by atoms with Gasteiger partial charge >= 0.3 is 0 Å². The monoisotopic (exact) mass is 261 g/mol. The van der Waals surface area contributed by atoms with Crippen molar-refractivity contribution in [3.63, 3.8) is 0 Å². The molecule has 1 aromatic carbocycles. The number of rotatable bonds is 5. The molecule has 2 aromatic rings. The molecule has 18 heavy (non-hydrogen) atoms. The molecule has 0 bridgehead atoms. The molecule has 2 rings (SSSR count). The zero-order valence-corrected chi connectivity index (χ0v) is 11.2. The van der Waals surface area contributed by atoms with Crippen LogP contribution in [0.5, 0.6) is 11.5 Å². The van der Waals surface area contributed by atoms with Crippen molar-refractivity contribution < 1.29 is 4.74 Å². The van der Waals surface area contributed by atoms with Crippen LogP contribution < -0.4 is 4.74 Å². The van der Waals surface area contributed by atoms with Gasteiger partial charge in [0, 0.05) is 11.8 Å². The lowest BCUT2D eigenvalue weighted by atomic mass is 10.1. The average Bonchev–Trinajstić information content (AvgIpc) is 2.42. The summed E-state index contributed by atoms with van der Waals surface area (Å²) in [5.74, 6) is 1.95. The van der Waals surface area contributed by atoms with Crippen molar-refractivity contribution in [1.82, 2.24) is 4.98 Å². The summed E-state index contributed by atoms with van der Waals surface area (Å²) in [6.45, 7) is 2.17. The molecule has 3 heteroatoms. The van der Waals surface area contributed by atoms with Crippen molar-refractivity contribution in [1.29, 1.82) is 0 Å². The van der Waals surface area contributed by atoms with Gasteiger partial charge in [-0.2, -0.15) is 0 Å². The molecular formula is C15H16ClNO. The molecule has 2 nitrogen and oxygen atoms in total. The van der Waals surface area contributed by atoms with Crippen LogP contribution in [0.2, 0.25) is 0 Å². The van der Waals surface area contributed by atoms with E-state index in [2.05, 4.69) is 24.0 Å². The summed E-state index contributed by atoms with van der Waals surface area (Å²) < 4.78 is 5.79. The van der Waals surface area contributed by atoms with E-state index in [9.17, 15) is 0 Å². The highest BCUT2D eigenvalue weighted by Crippen LogP contribution is 2.25. The van der Waals surface area contributed by atoms with E-state index in [1.165, 1.54) is 5.56 Å². The smallest absolute Gasteiger partial charge is 0.150 e. The van der Waals surface area contributed by atoms with E-state index in [4.69, 9.17) is 16.3 Å². The van der Waals surface area contributed by atoms with Crippen LogP contribution >= 0.6 is 11.6 Å². The fourth-order valence-corrected chi connectivity index (χ4v) is 1.97. The molecule has 0 aliphatic rings. The zero-order chi connectivity index (χ0) is 12.8. The highest BCUT2D eigenvalue weighted by atomic mass is 35.5. The molecule has 0 amide bonds. The van der Waals surface area contributed by atoms with Crippen LogP contribution in [0.1, 0.15) is 24.5 Å². The van der Waals surface area contributed by atoms with Crippen LogP contribution in [0.3, 0.4) is 0 Å². The third kappa shape index (κ3) is 3.23. The molecular weight excluding hydrogens is 246 g/mol. The lowest BCUT2D eigenvalue weighted by Crippen LogP contribution is -1.91. The first kappa shape index (κ1) is 12.9. The molecule has 94 valence electrons. The maximum Gasteiger partial charge on any atom is 0.150 e. The highest BCUT2D eigenvalue weighted by molar-refractivity contribution is 6.17. The molecule has 0 aliphatic carbocycles. The number of halogens is 1. The number of pyridine rings is 1. The molecule has 0 saturated heterocycles. The largest absolute Gasteiger partial charge is 0.455 e. The van der Waals surface area contributed by atoms with Crippen LogP contribution in [0.15, 0.2) is 42.7 Å². The van der Waals surface area contributed by atoms with Gasteiger partial charge in [0.25, 0.3) is 0 Å². The molecule has 1 heterocycles. The minimum absolute atomic E-state index is 0.422. The summed E-state index contributed by atoms with van der Waals surface area (Å²) in [5, 5.41) is 0. The second-order valence-electron chi connectivity index (χ2n) is 4.11. The standard InChI is InChI=1S/C15H16ClNO/c1-2-3-12-4-6-14(7-5-12)18-15-11-17-9-8-13(15)10-16/h4-9,11H,2-3,10H2,1H3. The van der Waals surface area contributed by atoms with E-state index >= 15 is 0 Å². The number of nitrogens with zero attached hydrogens (tertiary/aromatic N) is 1. The van der Waals surface area contributed by atoms with Gasteiger partial charge in [-0.3, -0.25) is 4.98 Å². The Morgan fingerprint density at radius 2 is 1.94 bits per heavy atom. The maximum absolute atomic E-state index is 5.86. The van der Waals surface area contributed by atoms with Crippen molar-refractivity contribution in [2.24, 2.45) is 0 Å². The molecule has 0 spiro atoms. The van der Waals surface area contributed by atoms with Crippen molar-refractivity contribution in [3.05, 3.63) is 53.9 Å². The van der Waals surface area contributed by atoms with E-state index in [0.717, 1.165) is 29.9 Å². The van der Waals surface area contributed by atoms with Gasteiger partial charge < -0.3 is 4.74 Å². The Morgan fingerprint density at radius 1 is 1.17 bits per heavy atom. The van der Waals surface area contributed by atoms with Gasteiger partial charge in [-0.15, -0.1) is 11.6 Å². The van der Waals surface area contributed by atoms with Crippen LogP contribution in [-0.4, -0.2) is 4.98 Å². The minimum atomic E-state index is 0.422. The highest BCUT2D eigenvalue weighted by Gasteiger charge is 2.03. The van der Waals surface area contributed by atoms with Crippen molar-refractivity contribution in [3.8, 4) is 11.5 Å². The van der Waals surface area contributed by atoms with E-state index in [1.54, 1.807) is 12.4 Å². The predicted octanol–water partition coefficient (Wildman–Crippen LogP) is 4.57. The minimum Gasteiger partial charge on any atom is -0.455 e.